The first kappa shape index (κ1) is 24.5. The Balaban J connectivity index is 0.000000960. The summed E-state index contributed by atoms with van der Waals surface area (Å²) in [5.74, 6) is -1.33. The number of carboxylic acid groups (broad SMARTS) is 1. The van der Waals surface area contributed by atoms with Gasteiger partial charge in [0, 0.05) is 26.6 Å². The second kappa shape index (κ2) is 11.5. The summed E-state index contributed by atoms with van der Waals surface area (Å²) in [5, 5.41) is 29.3. The second-order valence-electron chi connectivity index (χ2n) is 6.65. The predicted molar refractivity (Wildman–Crippen MR) is 105 cm³/mol. The predicted octanol–water partition coefficient (Wildman–Crippen LogP) is -0.750. The lowest BCUT2D eigenvalue weighted by atomic mass is 10.0. The molecule has 0 aromatic heterocycles. The molecule has 0 bridgehead atoms. The minimum Gasteiger partial charge on any atom is -0.481 e. The summed E-state index contributed by atoms with van der Waals surface area (Å²) in [7, 11) is -3.45. The molecule has 1 aromatic carbocycles. The Morgan fingerprint density at radius 2 is 1.97 bits per heavy atom. The van der Waals surface area contributed by atoms with Crippen molar-refractivity contribution < 1.29 is 28.2 Å². The van der Waals surface area contributed by atoms with Crippen LogP contribution in [0.1, 0.15) is 24.5 Å². The lowest BCUT2D eigenvalue weighted by Gasteiger charge is -2.36. The number of nitrogens with zero attached hydrogens (tertiary/aromatic N) is 2. The summed E-state index contributed by atoms with van der Waals surface area (Å²) >= 11 is 0. The molecule has 0 saturated carbocycles. The van der Waals surface area contributed by atoms with E-state index < -0.39 is 34.0 Å². The smallest absolute Gasteiger partial charge is 0.300 e. The van der Waals surface area contributed by atoms with E-state index in [1.165, 1.54) is 0 Å². The SMILES string of the molecule is CC(=O)O.CS(=O)(=O)NCC(=O)N[C@@H]1CN(Cc2ccccc2C#N)CC[C@@H]1O. The van der Waals surface area contributed by atoms with Crippen LogP contribution in [0.25, 0.3) is 0 Å². The highest BCUT2D eigenvalue weighted by molar-refractivity contribution is 7.88. The number of carbonyl (C=O) groups excluding carboxylic acids is 1. The minimum atomic E-state index is -3.45. The monoisotopic (exact) mass is 426 g/mol. The van der Waals surface area contributed by atoms with Crippen molar-refractivity contribution in [3.05, 3.63) is 35.4 Å². The van der Waals surface area contributed by atoms with E-state index in [0.717, 1.165) is 18.7 Å². The van der Waals surface area contributed by atoms with Gasteiger partial charge in [-0.25, -0.2) is 13.1 Å². The van der Waals surface area contributed by atoms with Gasteiger partial charge in [0.25, 0.3) is 5.97 Å². The number of hydrogen-bond donors (Lipinski definition) is 4. The maximum Gasteiger partial charge on any atom is 0.300 e. The summed E-state index contributed by atoms with van der Waals surface area (Å²) in [4.78, 5) is 22.9. The lowest BCUT2D eigenvalue weighted by Crippen LogP contribution is -2.56. The van der Waals surface area contributed by atoms with Crippen molar-refractivity contribution in [3.8, 4) is 6.07 Å². The van der Waals surface area contributed by atoms with Crippen molar-refractivity contribution in [2.24, 2.45) is 0 Å². The normalized spacial score (nSPS) is 19.4. The third-order valence-electron chi connectivity index (χ3n) is 4.03. The van der Waals surface area contributed by atoms with Crippen LogP contribution in [0.4, 0.5) is 0 Å². The van der Waals surface area contributed by atoms with Crippen LogP contribution in [0, 0.1) is 11.3 Å². The van der Waals surface area contributed by atoms with Crippen LogP contribution in [-0.2, 0) is 26.2 Å². The summed E-state index contributed by atoms with van der Waals surface area (Å²) in [6, 6.07) is 8.98. The van der Waals surface area contributed by atoms with E-state index in [4.69, 9.17) is 15.2 Å². The number of aliphatic hydroxyl groups excluding tert-OH is 1. The van der Waals surface area contributed by atoms with E-state index in [2.05, 4.69) is 21.0 Å². The molecule has 4 N–H and O–H groups in total. The molecule has 1 amide bonds. The number of carbonyl (C=O) groups is 2. The maximum atomic E-state index is 11.9. The van der Waals surface area contributed by atoms with Crippen LogP contribution in [0.15, 0.2) is 24.3 Å². The molecule has 1 fully saturated rings. The third-order valence-corrected chi connectivity index (χ3v) is 4.70. The molecule has 29 heavy (non-hydrogen) atoms. The molecule has 0 unspecified atom stereocenters. The molecule has 2 atom stereocenters. The topological polar surface area (TPSA) is 160 Å². The average molecular weight is 426 g/mol. The molecular weight excluding hydrogens is 400 g/mol. The van der Waals surface area contributed by atoms with Gasteiger partial charge in [0.1, 0.15) is 0 Å². The number of likely N-dealkylation sites (tertiary alicyclic amines) is 1. The molecule has 1 heterocycles. The van der Waals surface area contributed by atoms with Crippen molar-refractivity contribution in [2.75, 3.05) is 25.9 Å². The highest BCUT2D eigenvalue weighted by atomic mass is 32.2. The van der Waals surface area contributed by atoms with Gasteiger partial charge in [-0.15, -0.1) is 0 Å². The molecular formula is C18H26N4O6S. The van der Waals surface area contributed by atoms with E-state index in [0.29, 0.717) is 31.6 Å². The van der Waals surface area contributed by atoms with Crippen LogP contribution in [0.5, 0.6) is 0 Å². The fourth-order valence-corrected chi connectivity index (χ4v) is 3.15. The summed E-state index contributed by atoms with van der Waals surface area (Å²) in [6.07, 6.45) is 0.771. The van der Waals surface area contributed by atoms with Gasteiger partial charge in [-0.05, 0) is 18.1 Å². The Labute approximate surface area is 170 Å². The Hall–Kier alpha value is -2.52. The Bertz CT molecular complexity index is 848. The van der Waals surface area contributed by atoms with Gasteiger partial charge in [0.15, 0.2) is 0 Å². The molecule has 11 heteroatoms. The van der Waals surface area contributed by atoms with E-state index in [1.54, 1.807) is 12.1 Å². The number of aliphatic carboxylic acids is 1. The number of nitriles is 1. The van der Waals surface area contributed by atoms with E-state index in [9.17, 15) is 18.3 Å². The number of piperidine rings is 1. The van der Waals surface area contributed by atoms with Gasteiger partial charge >= 0.3 is 0 Å². The van der Waals surface area contributed by atoms with Crippen LogP contribution >= 0.6 is 0 Å². The van der Waals surface area contributed by atoms with Crippen molar-refractivity contribution in [3.63, 3.8) is 0 Å². The number of amides is 1. The number of carboxylic acids is 1. The Kier molecular flexibility index (Phi) is 9.70. The van der Waals surface area contributed by atoms with Gasteiger partial charge < -0.3 is 15.5 Å². The zero-order valence-electron chi connectivity index (χ0n) is 16.3. The number of aliphatic hydroxyl groups is 1. The number of nitrogens with one attached hydrogen (secondary N) is 2. The van der Waals surface area contributed by atoms with Gasteiger partial charge in [-0.3, -0.25) is 14.5 Å². The van der Waals surface area contributed by atoms with Crippen molar-refractivity contribution in [1.82, 2.24) is 14.9 Å². The fraction of sp³-hybridized carbons (Fsp3) is 0.500. The summed E-state index contributed by atoms with van der Waals surface area (Å²) in [5.41, 5.74) is 1.50. The molecule has 10 nitrogen and oxygen atoms in total. The average Bonchev–Trinajstić information content (AvgIpc) is 2.62. The Morgan fingerprint density at radius 3 is 2.55 bits per heavy atom. The van der Waals surface area contributed by atoms with E-state index in [-0.39, 0.29) is 6.54 Å². The quantitative estimate of drug-likeness (QED) is 0.462. The van der Waals surface area contributed by atoms with Gasteiger partial charge in [-0.2, -0.15) is 5.26 Å². The zero-order chi connectivity index (χ0) is 22.0. The molecule has 0 aliphatic carbocycles. The Morgan fingerprint density at radius 1 is 1.34 bits per heavy atom. The number of rotatable bonds is 6. The van der Waals surface area contributed by atoms with Gasteiger partial charge in [-0.1, -0.05) is 18.2 Å². The van der Waals surface area contributed by atoms with Crippen molar-refractivity contribution in [2.45, 2.75) is 32.0 Å². The summed E-state index contributed by atoms with van der Waals surface area (Å²) in [6.45, 7) is 2.34. The van der Waals surface area contributed by atoms with Crippen molar-refractivity contribution >= 4 is 21.9 Å². The number of sulfonamides is 1. The third kappa shape index (κ3) is 10.00. The van der Waals surface area contributed by atoms with Crippen LogP contribution in [0.2, 0.25) is 0 Å². The minimum absolute atomic E-state index is 0.362. The molecule has 1 aliphatic rings. The largest absolute Gasteiger partial charge is 0.481 e. The molecule has 2 rings (SSSR count). The van der Waals surface area contributed by atoms with Crippen molar-refractivity contribution in [1.29, 1.82) is 5.26 Å². The van der Waals surface area contributed by atoms with E-state index in [1.807, 2.05) is 12.1 Å². The first-order valence-electron chi connectivity index (χ1n) is 8.83. The van der Waals surface area contributed by atoms with E-state index >= 15 is 0 Å². The molecule has 0 radical (unpaired) electrons. The number of benzene rings is 1. The van der Waals surface area contributed by atoms with Crippen LogP contribution in [0.3, 0.4) is 0 Å². The highest BCUT2D eigenvalue weighted by Crippen LogP contribution is 2.16. The first-order chi connectivity index (χ1) is 13.5. The molecule has 1 aromatic rings. The van der Waals surface area contributed by atoms with Crippen LogP contribution < -0.4 is 10.0 Å². The standard InChI is InChI=1S/C16H22N4O4S.C2H4O2/c1-25(23,24)18-9-16(22)19-14-11-20(7-6-15(14)21)10-13-5-3-2-4-12(13)8-17;1-2(3)4/h2-5,14-15,18,21H,6-7,9-11H2,1H3,(H,19,22);1H3,(H,3,4)/t14-,15+;/m1./s1. The van der Waals surface area contributed by atoms with Gasteiger partial charge in [0.2, 0.25) is 15.9 Å². The molecule has 1 saturated heterocycles. The second-order valence-corrected chi connectivity index (χ2v) is 8.48. The highest BCUT2D eigenvalue weighted by Gasteiger charge is 2.29. The van der Waals surface area contributed by atoms with Gasteiger partial charge in [0.05, 0.1) is 36.6 Å². The number of hydrogen-bond acceptors (Lipinski definition) is 7. The lowest BCUT2D eigenvalue weighted by molar-refractivity contribution is -0.134. The first-order valence-corrected chi connectivity index (χ1v) is 10.7. The fourth-order valence-electron chi connectivity index (χ4n) is 2.76. The maximum absolute atomic E-state index is 11.9. The molecule has 0 spiro atoms. The molecule has 160 valence electrons. The molecule has 1 aliphatic heterocycles. The zero-order valence-corrected chi connectivity index (χ0v) is 17.1. The van der Waals surface area contributed by atoms with Crippen LogP contribution in [-0.4, -0.2) is 73.4 Å². The summed E-state index contributed by atoms with van der Waals surface area (Å²) < 4.78 is 24.2.